The Kier molecular flexibility index (Phi) is 6.00. The molecule has 0 saturated heterocycles. The van der Waals surface area contributed by atoms with Gasteiger partial charge in [0.1, 0.15) is 22.8 Å². The number of nitrogens with zero attached hydrogens (tertiary/aromatic N) is 1. The van der Waals surface area contributed by atoms with Gasteiger partial charge in [0.15, 0.2) is 15.0 Å². The Hall–Kier alpha value is -2.85. The number of carbonyl (C=O) groups excluding carboxylic acids is 1. The molecule has 0 aromatic heterocycles. The van der Waals surface area contributed by atoms with Crippen molar-refractivity contribution >= 4 is 37.7 Å². The topological polar surface area (TPSA) is 132 Å². The quantitative estimate of drug-likeness (QED) is 0.478. The van der Waals surface area contributed by atoms with E-state index in [-0.39, 0.29) is 21.5 Å². The predicted octanol–water partition coefficient (Wildman–Crippen LogP) is 4.17. The van der Waals surface area contributed by atoms with E-state index in [1.165, 1.54) is 12.1 Å². The lowest BCUT2D eigenvalue weighted by Crippen LogP contribution is -2.24. The fourth-order valence-electron chi connectivity index (χ4n) is 3.47. The van der Waals surface area contributed by atoms with E-state index in [0.29, 0.717) is 28.7 Å². The molecule has 2 aliphatic rings. The predicted molar refractivity (Wildman–Crippen MR) is 128 cm³/mol. The van der Waals surface area contributed by atoms with Crippen molar-refractivity contribution in [1.82, 2.24) is 0 Å². The van der Waals surface area contributed by atoms with Crippen molar-refractivity contribution in [3.8, 4) is 17.2 Å². The Labute approximate surface area is 197 Å². The highest BCUT2D eigenvalue weighted by atomic mass is 32.2. The molecule has 174 valence electrons. The number of rotatable bonds is 5. The molecule has 1 heterocycles. The van der Waals surface area contributed by atoms with Gasteiger partial charge in [0.2, 0.25) is 0 Å². The summed E-state index contributed by atoms with van der Waals surface area (Å²) in [5.74, 6) is 1.05. The van der Waals surface area contributed by atoms with Gasteiger partial charge in [0, 0.05) is 29.7 Å². The van der Waals surface area contributed by atoms with E-state index in [1.54, 1.807) is 24.3 Å². The maximum atomic E-state index is 12.8. The minimum atomic E-state index is -3.32. The molecule has 1 saturated carbocycles. The van der Waals surface area contributed by atoms with Crippen LogP contribution in [-0.4, -0.2) is 36.4 Å². The molecular weight excluding hydrogens is 462 g/mol. The van der Waals surface area contributed by atoms with Crippen molar-refractivity contribution in [2.45, 2.75) is 43.6 Å². The van der Waals surface area contributed by atoms with E-state index >= 15 is 0 Å². The highest BCUT2D eigenvalue weighted by molar-refractivity contribution is 8.26. The third-order valence-corrected chi connectivity index (χ3v) is 7.24. The Morgan fingerprint density at radius 1 is 1.24 bits per heavy atom. The van der Waals surface area contributed by atoms with Crippen LogP contribution in [0.3, 0.4) is 0 Å². The Morgan fingerprint density at radius 3 is 2.52 bits per heavy atom. The number of sulfone groups is 1. The summed E-state index contributed by atoms with van der Waals surface area (Å²) >= 11 is 1.01. The molecule has 1 fully saturated rings. The molecular formula is C23H25N3O5S2. The third kappa shape index (κ3) is 5.56. The van der Waals surface area contributed by atoms with E-state index < -0.39 is 21.3 Å². The summed E-state index contributed by atoms with van der Waals surface area (Å²) in [5.41, 5.74) is 6.47. The number of fused-ring (bicyclic) bond motifs is 1. The summed E-state index contributed by atoms with van der Waals surface area (Å²) in [6.45, 7) is 3.88. The van der Waals surface area contributed by atoms with Gasteiger partial charge >= 0.3 is 0 Å². The van der Waals surface area contributed by atoms with Crippen molar-refractivity contribution in [3.05, 3.63) is 47.5 Å². The van der Waals surface area contributed by atoms with Gasteiger partial charge in [0.25, 0.3) is 5.91 Å². The number of amidine groups is 1. The van der Waals surface area contributed by atoms with Gasteiger partial charge in [-0.1, -0.05) is 0 Å². The van der Waals surface area contributed by atoms with Crippen LogP contribution in [0.5, 0.6) is 17.2 Å². The SMILES string of the molecule is CC1(C)Cc2c(Oc3ccc(S(C)(=O)=O)cc3)cc(C(=O)N=C(N)SC(=N)C3CC3)cc2O1. The van der Waals surface area contributed by atoms with Crippen LogP contribution in [0.15, 0.2) is 46.3 Å². The second-order valence-corrected chi connectivity index (χ2v) is 11.9. The van der Waals surface area contributed by atoms with Gasteiger partial charge in [-0.05, 0) is 74.8 Å². The van der Waals surface area contributed by atoms with Gasteiger partial charge < -0.3 is 15.2 Å². The van der Waals surface area contributed by atoms with Crippen LogP contribution in [-0.2, 0) is 16.3 Å². The second-order valence-electron chi connectivity index (χ2n) is 8.83. The monoisotopic (exact) mass is 487 g/mol. The lowest BCUT2D eigenvalue weighted by atomic mass is 9.99. The van der Waals surface area contributed by atoms with Crippen LogP contribution in [0.25, 0.3) is 0 Å². The molecule has 33 heavy (non-hydrogen) atoms. The van der Waals surface area contributed by atoms with E-state index in [0.717, 1.165) is 36.4 Å². The van der Waals surface area contributed by atoms with Gasteiger partial charge in [-0.2, -0.15) is 4.99 Å². The second kappa shape index (κ2) is 8.49. The molecule has 2 aromatic rings. The summed E-state index contributed by atoms with van der Waals surface area (Å²) in [4.78, 5) is 16.9. The number of thioether (sulfide) groups is 1. The molecule has 0 bridgehead atoms. The van der Waals surface area contributed by atoms with E-state index in [1.807, 2.05) is 13.8 Å². The highest BCUT2D eigenvalue weighted by Gasteiger charge is 2.34. The maximum absolute atomic E-state index is 12.8. The number of hydrogen-bond donors (Lipinski definition) is 2. The number of nitrogens with two attached hydrogens (primary N) is 1. The first-order valence-corrected chi connectivity index (χ1v) is 13.1. The molecule has 1 aliphatic carbocycles. The third-order valence-electron chi connectivity index (χ3n) is 5.26. The molecule has 0 unspecified atom stereocenters. The number of ether oxygens (including phenoxy) is 2. The average Bonchev–Trinajstić information content (AvgIpc) is 3.50. The van der Waals surface area contributed by atoms with Crippen molar-refractivity contribution in [2.75, 3.05) is 6.26 Å². The number of benzene rings is 2. The molecule has 8 nitrogen and oxygen atoms in total. The lowest BCUT2D eigenvalue weighted by Gasteiger charge is -2.16. The molecule has 2 aromatic carbocycles. The summed E-state index contributed by atoms with van der Waals surface area (Å²) in [7, 11) is -3.32. The van der Waals surface area contributed by atoms with Gasteiger partial charge in [-0.15, -0.1) is 0 Å². The van der Waals surface area contributed by atoms with Crippen LogP contribution in [0.2, 0.25) is 0 Å². The first-order valence-electron chi connectivity index (χ1n) is 10.4. The molecule has 0 spiro atoms. The number of nitrogens with one attached hydrogen (secondary N) is 1. The van der Waals surface area contributed by atoms with Gasteiger partial charge in [0.05, 0.1) is 9.94 Å². The zero-order chi connectivity index (χ0) is 24.0. The van der Waals surface area contributed by atoms with Crippen LogP contribution in [0, 0.1) is 11.3 Å². The molecule has 1 aliphatic heterocycles. The fraction of sp³-hybridized carbons (Fsp3) is 0.348. The fourth-order valence-corrected chi connectivity index (χ4v) is 4.86. The minimum Gasteiger partial charge on any atom is -0.487 e. The smallest absolute Gasteiger partial charge is 0.279 e. The highest BCUT2D eigenvalue weighted by Crippen LogP contribution is 2.43. The van der Waals surface area contributed by atoms with Crippen LogP contribution in [0.4, 0.5) is 0 Å². The van der Waals surface area contributed by atoms with Crippen LogP contribution < -0.4 is 15.2 Å². The first kappa shape index (κ1) is 23.3. The lowest BCUT2D eigenvalue weighted by molar-refractivity contribution is 0.100. The average molecular weight is 488 g/mol. The summed E-state index contributed by atoms with van der Waals surface area (Å²) < 4.78 is 35.5. The number of hydrogen-bond acceptors (Lipinski definition) is 7. The van der Waals surface area contributed by atoms with Crippen LogP contribution in [0.1, 0.15) is 42.6 Å². The molecule has 0 atom stereocenters. The number of carbonyl (C=O) groups is 1. The van der Waals surface area contributed by atoms with Crippen molar-refractivity contribution in [1.29, 1.82) is 5.41 Å². The van der Waals surface area contributed by atoms with Gasteiger partial charge in [-0.3, -0.25) is 10.2 Å². The Morgan fingerprint density at radius 2 is 1.91 bits per heavy atom. The molecule has 10 heteroatoms. The van der Waals surface area contributed by atoms with E-state index in [2.05, 4.69) is 4.99 Å². The zero-order valence-electron chi connectivity index (χ0n) is 18.5. The zero-order valence-corrected chi connectivity index (χ0v) is 20.2. The number of amides is 1. The summed E-state index contributed by atoms with van der Waals surface area (Å²) in [6, 6.07) is 9.28. The van der Waals surface area contributed by atoms with Crippen LogP contribution >= 0.6 is 11.8 Å². The summed E-state index contributed by atoms with van der Waals surface area (Å²) in [5, 5.41) is 8.40. The Bertz CT molecular complexity index is 1260. The van der Waals surface area contributed by atoms with Crippen molar-refractivity contribution in [2.24, 2.45) is 16.6 Å². The van der Waals surface area contributed by atoms with Crippen molar-refractivity contribution < 1.29 is 22.7 Å². The minimum absolute atomic E-state index is 0.0254. The first-order chi connectivity index (χ1) is 15.4. The molecule has 1 amide bonds. The Balaban J connectivity index is 1.62. The van der Waals surface area contributed by atoms with Crippen molar-refractivity contribution in [3.63, 3.8) is 0 Å². The van der Waals surface area contributed by atoms with E-state index in [4.69, 9.17) is 20.6 Å². The summed E-state index contributed by atoms with van der Waals surface area (Å²) in [6.07, 6.45) is 3.65. The van der Waals surface area contributed by atoms with Gasteiger partial charge in [-0.25, -0.2) is 8.42 Å². The molecule has 0 radical (unpaired) electrons. The maximum Gasteiger partial charge on any atom is 0.279 e. The largest absolute Gasteiger partial charge is 0.487 e. The normalized spacial score (nSPS) is 17.2. The molecule has 4 rings (SSSR count). The molecule has 3 N–H and O–H groups in total. The number of aliphatic imine (C=N–C) groups is 1. The van der Waals surface area contributed by atoms with E-state index in [9.17, 15) is 13.2 Å². The standard InChI is InChI=1S/C23H25N3O5S2/c1-23(2)12-17-18(30-15-6-8-16(9-7-15)33(3,28)29)10-14(11-19(17)31-23)21(27)26-22(25)32-20(24)13-4-5-13/h6-11,13,24H,4-5,12H2,1-3H3,(H2,25,26,27).